The summed E-state index contributed by atoms with van der Waals surface area (Å²) < 4.78 is 2.20. The van der Waals surface area contributed by atoms with Crippen LogP contribution in [0.3, 0.4) is 0 Å². The van der Waals surface area contributed by atoms with Crippen molar-refractivity contribution in [1.29, 1.82) is 10.5 Å². The van der Waals surface area contributed by atoms with Gasteiger partial charge in [0.15, 0.2) is 5.82 Å². The van der Waals surface area contributed by atoms with Crippen LogP contribution < -0.4 is 9.80 Å². The molecule has 2 heterocycles. The summed E-state index contributed by atoms with van der Waals surface area (Å²) >= 11 is 0. The topological polar surface area (TPSA) is 89.1 Å². The Morgan fingerprint density at radius 1 is 0.406 bits per heavy atom. The fourth-order valence-electron chi connectivity index (χ4n) is 8.98. The first-order valence-electron chi connectivity index (χ1n) is 22.4. The van der Waals surface area contributed by atoms with Gasteiger partial charge in [-0.3, -0.25) is 0 Å². The van der Waals surface area contributed by atoms with E-state index in [0.29, 0.717) is 34.0 Å². The van der Waals surface area contributed by atoms with Gasteiger partial charge in [-0.15, -0.1) is 0 Å². The number of hydrogen-bond donors (Lipinski definition) is 0. The molecule has 9 aromatic carbocycles. The van der Waals surface area contributed by atoms with Gasteiger partial charge in [0.1, 0.15) is 0 Å². The van der Waals surface area contributed by atoms with Crippen molar-refractivity contribution in [2.45, 2.75) is 0 Å². The second kappa shape index (κ2) is 18.1. The van der Waals surface area contributed by atoms with E-state index in [2.05, 4.69) is 165 Å². The van der Waals surface area contributed by atoms with E-state index in [1.807, 2.05) is 72.8 Å². The van der Waals surface area contributed by atoms with Crippen LogP contribution in [0.4, 0.5) is 39.8 Å². The van der Waals surface area contributed by atoms with Crippen molar-refractivity contribution in [1.82, 2.24) is 14.5 Å². The average Bonchev–Trinajstić information content (AvgIpc) is 3.74. The number of nitrogens with zero attached hydrogens (tertiary/aromatic N) is 8. The summed E-state index contributed by atoms with van der Waals surface area (Å²) in [4.78, 5) is 18.7. The van der Waals surface area contributed by atoms with Gasteiger partial charge in [-0.25, -0.2) is 14.8 Å². The quantitative estimate of drug-likeness (QED) is 0.127. The highest BCUT2D eigenvalue weighted by molar-refractivity contribution is 6.12. The molecule has 0 aliphatic rings. The van der Waals surface area contributed by atoms with Crippen LogP contribution in [0.25, 0.3) is 66.2 Å². The van der Waals surface area contributed by atoms with Gasteiger partial charge in [0.05, 0.1) is 57.9 Å². The largest absolute Gasteiger partial charge is 0.319 e. The first-order chi connectivity index (χ1) is 34.1. The first-order valence-corrected chi connectivity index (χ1v) is 22.4. The molecule has 0 saturated heterocycles. The molecule has 0 fully saturated rings. The lowest BCUT2D eigenvalue weighted by Gasteiger charge is -2.26. The molecule has 11 rings (SSSR count). The summed E-state index contributed by atoms with van der Waals surface area (Å²) in [7, 11) is 0. The summed E-state index contributed by atoms with van der Waals surface area (Å²) in [5.74, 6) is 0.471. The third-order valence-electron chi connectivity index (χ3n) is 12.2. The minimum atomic E-state index is 0.448. The Morgan fingerprint density at radius 3 is 1.23 bits per heavy atom. The lowest BCUT2D eigenvalue weighted by molar-refractivity contribution is 1.17. The Hall–Kier alpha value is -10.1. The highest BCUT2D eigenvalue weighted by atomic mass is 15.2. The van der Waals surface area contributed by atoms with E-state index in [9.17, 15) is 10.5 Å². The molecule has 0 bridgehead atoms. The fourth-order valence-corrected chi connectivity index (χ4v) is 8.98. The van der Waals surface area contributed by atoms with Gasteiger partial charge in [-0.2, -0.15) is 10.5 Å². The number of hydrogen-bond acceptors (Lipinski definition) is 6. The van der Waals surface area contributed by atoms with E-state index in [1.165, 1.54) is 0 Å². The molecule has 322 valence electrons. The maximum atomic E-state index is 9.50. The van der Waals surface area contributed by atoms with E-state index in [-0.39, 0.29) is 0 Å². The van der Waals surface area contributed by atoms with Crippen molar-refractivity contribution in [3.63, 3.8) is 0 Å². The molecule has 8 nitrogen and oxygen atoms in total. The molecular formula is C61H38N8. The molecular weight excluding hydrogens is 845 g/mol. The summed E-state index contributed by atoms with van der Waals surface area (Å²) in [5, 5.41) is 21.0. The molecule has 0 N–H and O–H groups in total. The van der Waals surface area contributed by atoms with Crippen molar-refractivity contribution >= 4 is 61.6 Å². The van der Waals surface area contributed by atoms with Crippen LogP contribution in [0, 0.1) is 29.2 Å². The Balaban J connectivity index is 1.11. The van der Waals surface area contributed by atoms with E-state index in [0.717, 1.165) is 78.3 Å². The first kappa shape index (κ1) is 41.6. The Kier molecular flexibility index (Phi) is 10.9. The smallest absolute Gasteiger partial charge is 0.211 e. The van der Waals surface area contributed by atoms with Gasteiger partial charge in [-0.05, 0) is 145 Å². The molecule has 2 aromatic heterocycles. The van der Waals surface area contributed by atoms with Crippen LogP contribution in [0.1, 0.15) is 11.1 Å². The maximum absolute atomic E-state index is 9.50. The van der Waals surface area contributed by atoms with Crippen molar-refractivity contribution in [3.05, 3.63) is 253 Å². The van der Waals surface area contributed by atoms with Crippen LogP contribution >= 0.6 is 0 Å². The highest BCUT2D eigenvalue weighted by Crippen LogP contribution is 2.44. The van der Waals surface area contributed by atoms with E-state index < -0.39 is 0 Å². The van der Waals surface area contributed by atoms with Gasteiger partial charge in [0, 0.05) is 56.0 Å². The van der Waals surface area contributed by atoms with Crippen LogP contribution in [-0.2, 0) is 0 Å². The number of anilines is 6. The Morgan fingerprint density at radius 2 is 0.812 bits per heavy atom. The molecule has 0 spiro atoms. The fraction of sp³-hybridized carbons (Fsp3) is 0. The number of para-hydroxylation sites is 4. The van der Waals surface area contributed by atoms with E-state index >= 15 is 0 Å². The molecule has 0 aliphatic heterocycles. The third-order valence-corrected chi connectivity index (χ3v) is 12.2. The lowest BCUT2D eigenvalue weighted by Crippen LogP contribution is -2.09. The van der Waals surface area contributed by atoms with Crippen LogP contribution in [0.5, 0.6) is 0 Å². The summed E-state index contributed by atoms with van der Waals surface area (Å²) in [6.45, 7) is 8.67. The molecule has 69 heavy (non-hydrogen) atoms. The molecule has 0 aliphatic carbocycles. The monoisotopic (exact) mass is 882 g/mol. The Bertz CT molecular complexity index is 3500. The lowest BCUT2D eigenvalue weighted by atomic mass is 10.0. The number of nitriles is 2. The van der Waals surface area contributed by atoms with Crippen LogP contribution in [-0.4, -0.2) is 14.5 Å². The predicted octanol–water partition coefficient (Wildman–Crippen LogP) is 15.8. The standard InChI is InChI=1S/C61H38N8/c1-64-57-36-46(56-39-55(44-26-22-42(40-62)23-27-44)65-61(66-56)45-28-24-43(41-63)25-29-45)30-33-60(57)69-58-34-31-51(67(47-14-6-2-7-15-47)48-16-8-3-9-17-48)37-53(58)54-38-52(32-35-59(54)69)68(49-18-10-4-11-19-49)50-20-12-5-13-21-50/h2-39H. The molecule has 0 atom stereocenters. The van der Waals surface area contributed by atoms with E-state index in [1.54, 1.807) is 24.3 Å². The average molecular weight is 883 g/mol. The minimum Gasteiger partial charge on any atom is -0.319 e. The van der Waals surface area contributed by atoms with Crippen molar-refractivity contribution in [3.8, 4) is 51.7 Å². The molecule has 0 saturated carbocycles. The molecule has 8 heteroatoms. The van der Waals surface area contributed by atoms with Crippen molar-refractivity contribution < 1.29 is 0 Å². The molecule has 0 unspecified atom stereocenters. The van der Waals surface area contributed by atoms with Gasteiger partial charge >= 0.3 is 0 Å². The van der Waals surface area contributed by atoms with Gasteiger partial charge in [0.25, 0.3) is 0 Å². The molecule has 0 radical (unpaired) electrons. The minimum absolute atomic E-state index is 0.448. The van der Waals surface area contributed by atoms with Crippen molar-refractivity contribution in [2.24, 2.45) is 0 Å². The summed E-state index contributed by atoms with van der Waals surface area (Å²) in [5.41, 5.74) is 13.9. The van der Waals surface area contributed by atoms with Gasteiger partial charge in [0.2, 0.25) is 5.69 Å². The van der Waals surface area contributed by atoms with Gasteiger partial charge in [-0.1, -0.05) is 91.0 Å². The summed E-state index contributed by atoms with van der Waals surface area (Å²) in [6, 6.07) is 81.4. The molecule has 0 amide bonds. The predicted molar refractivity (Wildman–Crippen MR) is 278 cm³/mol. The van der Waals surface area contributed by atoms with Crippen molar-refractivity contribution in [2.75, 3.05) is 9.80 Å². The number of rotatable bonds is 10. The van der Waals surface area contributed by atoms with E-state index in [4.69, 9.17) is 16.5 Å². The second-order valence-electron chi connectivity index (χ2n) is 16.4. The number of aromatic nitrogens is 3. The number of fused-ring (bicyclic) bond motifs is 3. The normalized spacial score (nSPS) is 10.9. The zero-order valence-electron chi connectivity index (χ0n) is 37.0. The van der Waals surface area contributed by atoms with Gasteiger partial charge < -0.3 is 14.4 Å². The highest BCUT2D eigenvalue weighted by Gasteiger charge is 2.22. The summed E-state index contributed by atoms with van der Waals surface area (Å²) in [6.07, 6.45) is 0. The SMILES string of the molecule is [C-]#[N+]c1cc(-c2cc(-c3ccc(C#N)cc3)nc(-c3ccc(C#N)cc3)n2)ccc1-n1c2ccc(N(c3ccccc3)c3ccccc3)cc2c2cc(N(c3ccccc3)c3ccccc3)ccc21. The zero-order valence-corrected chi connectivity index (χ0v) is 37.0. The molecule has 11 aromatic rings. The van der Waals surface area contributed by atoms with Crippen LogP contribution in [0.2, 0.25) is 0 Å². The number of benzene rings is 9. The zero-order chi connectivity index (χ0) is 46.7. The maximum Gasteiger partial charge on any atom is 0.211 e. The third kappa shape index (κ3) is 7.96. The Labute approximate surface area is 399 Å². The second-order valence-corrected chi connectivity index (χ2v) is 16.4. The van der Waals surface area contributed by atoms with Crippen LogP contribution in [0.15, 0.2) is 231 Å².